The Kier molecular flexibility index (Phi) is 3.12. The van der Waals surface area contributed by atoms with Crippen LogP contribution in [0.2, 0.25) is 0 Å². The van der Waals surface area contributed by atoms with Crippen LogP contribution in [0.25, 0.3) is 0 Å². The maximum Gasteiger partial charge on any atom is 0.329 e. The van der Waals surface area contributed by atoms with Gasteiger partial charge in [-0.25, -0.2) is 9.78 Å². The summed E-state index contributed by atoms with van der Waals surface area (Å²) in [6.07, 6.45) is 0. The van der Waals surface area contributed by atoms with Gasteiger partial charge in [0.25, 0.3) is 5.91 Å². The normalized spacial score (nSPS) is 17.6. The second-order valence-corrected chi connectivity index (χ2v) is 4.89. The standard InChI is InChI=1S/C10H12N2O4S/c1-10(16-2-8(13)14)4-12(5-10)9(15)7-3-17-6-11-7/h3,6H,2,4-5H2,1H3,(H,13,14). The molecule has 0 saturated carbocycles. The van der Waals surface area contributed by atoms with E-state index in [4.69, 9.17) is 9.84 Å². The number of aromatic nitrogens is 1. The number of rotatable bonds is 4. The first-order valence-electron chi connectivity index (χ1n) is 5.03. The van der Waals surface area contributed by atoms with Crippen molar-refractivity contribution in [1.29, 1.82) is 0 Å². The number of carboxylic acid groups (broad SMARTS) is 1. The summed E-state index contributed by atoms with van der Waals surface area (Å²) in [5, 5.41) is 10.2. The van der Waals surface area contributed by atoms with Crippen molar-refractivity contribution in [2.45, 2.75) is 12.5 Å². The van der Waals surface area contributed by atoms with E-state index >= 15 is 0 Å². The van der Waals surface area contributed by atoms with E-state index in [9.17, 15) is 9.59 Å². The Bertz CT molecular complexity index is 426. The first-order chi connectivity index (χ1) is 8.00. The molecule has 0 atom stereocenters. The van der Waals surface area contributed by atoms with Crippen molar-refractivity contribution in [3.05, 3.63) is 16.6 Å². The third-order valence-corrected chi connectivity index (χ3v) is 3.12. The SMILES string of the molecule is CC1(OCC(=O)O)CN(C(=O)c2cscn2)C1. The van der Waals surface area contributed by atoms with Gasteiger partial charge < -0.3 is 14.7 Å². The van der Waals surface area contributed by atoms with Crippen LogP contribution in [0, 0.1) is 0 Å². The second kappa shape index (κ2) is 4.42. The number of amides is 1. The highest BCUT2D eigenvalue weighted by Crippen LogP contribution is 2.26. The molecule has 1 saturated heterocycles. The lowest BCUT2D eigenvalue weighted by Gasteiger charge is -2.46. The number of hydrogen-bond donors (Lipinski definition) is 1. The summed E-state index contributed by atoms with van der Waals surface area (Å²) in [6, 6.07) is 0. The van der Waals surface area contributed by atoms with E-state index in [2.05, 4.69) is 4.98 Å². The van der Waals surface area contributed by atoms with Crippen LogP contribution in [0.3, 0.4) is 0 Å². The summed E-state index contributed by atoms with van der Waals surface area (Å²) in [5.74, 6) is -1.14. The molecule has 0 spiro atoms. The monoisotopic (exact) mass is 256 g/mol. The molecule has 1 aliphatic rings. The molecule has 1 amide bonds. The van der Waals surface area contributed by atoms with Crippen LogP contribution >= 0.6 is 11.3 Å². The largest absolute Gasteiger partial charge is 0.480 e. The van der Waals surface area contributed by atoms with Gasteiger partial charge in [-0.2, -0.15) is 0 Å². The molecule has 1 fully saturated rings. The van der Waals surface area contributed by atoms with E-state index in [1.54, 1.807) is 22.7 Å². The van der Waals surface area contributed by atoms with E-state index < -0.39 is 11.6 Å². The third kappa shape index (κ3) is 2.62. The fourth-order valence-electron chi connectivity index (χ4n) is 1.71. The van der Waals surface area contributed by atoms with E-state index in [-0.39, 0.29) is 12.5 Å². The molecular weight excluding hydrogens is 244 g/mol. The van der Waals surface area contributed by atoms with Gasteiger partial charge in [0.05, 0.1) is 18.6 Å². The fourth-order valence-corrected chi connectivity index (χ4v) is 2.24. The van der Waals surface area contributed by atoms with Crippen molar-refractivity contribution in [2.24, 2.45) is 0 Å². The Labute approximate surface area is 102 Å². The van der Waals surface area contributed by atoms with Crippen molar-refractivity contribution in [1.82, 2.24) is 9.88 Å². The highest BCUT2D eigenvalue weighted by atomic mass is 32.1. The second-order valence-electron chi connectivity index (χ2n) is 4.17. The van der Waals surface area contributed by atoms with E-state index in [1.807, 2.05) is 0 Å². The number of hydrogen-bond acceptors (Lipinski definition) is 5. The van der Waals surface area contributed by atoms with Gasteiger partial charge in [0.15, 0.2) is 0 Å². The van der Waals surface area contributed by atoms with Gasteiger partial charge in [0.1, 0.15) is 17.9 Å². The number of thiazole rings is 1. The number of carboxylic acids is 1. The van der Waals surface area contributed by atoms with Crippen LogP contribution in [0.5, 0.6) is 0 Å². The summed E-state index contributed by atoms with van der Waals surface area (Å²) in [4.78, 5) is 27.7. The third-order valence-electron chi connectivity index (χ3n) is 2.53. The molecule has 1 aliphatic heterocycles. The van der Waals surface area contributed by atoms with Crippen molar-refractivity contribution in [3.63, 3.8) is 0 Å². The van der Waals surface area contributed by atoms with Crippen LogP contribution in [-0.4, -0.2) is 52.2 Å². The topological polar surface area (TPSA) is 79.7 Å². The molecule has 6 nitrogen and oxygen atoms in total. The molecule has 1 aromatic rings. The Morgan fingerprint density at radius 2 is 2.35 bits per heavy atom. The van der Waals surface area contributed by atoms with Crippen molar-refractivity contribution in [2.75, 3.05) is 19.7 Å². The average molecular weight is 256 g/mol. The molecule has 1 N–H and O–H groups in total. The van der Waals surface area contributed by atoms with Gasteiger partial charge in [0.2, 0.25) is 0 Å². The summed E-state index contributed by atoms with van der Waals surface area (Å²) in [7, 11) is 0. The molecular formula is C10H12N2O4S. The van der Waals surface area contributed by atoms with Gasteiger partial charge in [-0.15, -0.1) is 11.3 Å². The zero-order valence-corrected chi connectivity index (χ0v) is 10.1. The van der Waals surface area contributed by atoms with Gasteiger partial charge in [-0.1, -0.05) is 0 Å². The van der Waals surface area contributed by atoms with Crippen LogP contribution < -0.4 is 0 Å². The predicted molar refractivity (Wildman–Crippen MR) is 60.0 cm³/mol. The minimum Gasteiger partial charge on any atom is -0.480 e. The summed E-state index contributed by atoms with van der Waals surface area (Å²) in [6.45, 7) is 2.25. The Morgan fingerprint density at radius 1 is 1.65 bits per heavy atom. The first kappa shape index (κ1) is 12.0. The number of nitrogens with zero attached hydrogens (tertiary/aromatic N) is 2. The molecule has 0 aliphatic carbocycles. The van der Waals surface area contributed by atoms with Gasteiger partial charge in [-0.3, -0.25) is 4.79 Å². The average Bonchev–Trinajstić information content (AvgIpc) is 2.74. The van der Waals surface area contributed by atoms with E-state index in [0.717, 1.165) is 0 Å². The minimum absolute atomic E-state index is 0.136. The van der Waals surface area contributed by atoms with Gasteiger partial charge >= 0.3 is 5.97 Å². The number of carbonyl (C=O) groups excluding carboxylic acids is 1. The van der Waals surface area contributed by atoms with Crippen molar-refractivity contribution >= 4 is 23.2 Å². The van der Waals surface area contributed by atoms with Gasteiger partial charge in [-0.05, 0) is 6.92 Å². The molecule has 2 rings (SSSR count). The molecule has 92 valence electrons. The quantitative estimate of drug-likeness (QED) is 0.846. The summed E-state index contributed by atoms with van der Waals surface area (Å²) < 4.78 is 5.21. The molecule has 1 aromatic heterocycles. The van der Waals surface area contributed by atoms with Crippen LogP contribution in [-0.2, 0) is 9.53 Å². The number of ether oxygens (including phenoxy) is 1. The minimum atomic E-state index is -1.00. The zero-order valence-electron chi connectivity index (χ0n) is 9.25. The lowest BCUT2D eigenvalue weighted by Crippen LogP contribution is -2.63. The smallest absolute Gasteiger partial charge is 0.329 e. The lowest BCUT2D eigenvalue weighted by molar-refractivity contribution is -0.159. The van der Waals surface area contributed by atoms with Gasteiger partial charge in [0, 0.05) is 5.38 Å². The fraction of sp³-hybridized carbons (Fsp3) is 0.500. The molecule has 0 aromatic carbocycles. The van der Waals surface area contributed by atoms with Crippen LogP contribution in [0.4, 0.5) is 0 Å². The first-order valence-corrected chi connectivity index (χ1v) is 5.98. The zero-order chi connectivity index (χ0) is 12.5. The predicted octanol–water partition coefficient (Wildman–Crippen LogP) is 0.459. The molecule has 0 bridgehead atoms. The molecule has 7 heteroatoms. The molecule has 0 unspecified atom stereocenters. The number of carbonyl (C=O) groups is 2. The van der Waals surface area contributed by atoms with Crippen LogP contribution in [0.15, 0.2) is 10.9 Å². The van der Waals surface area contributed by atoms with Crippen LogP contribution in [0.1, 0.15) is 17.4 Å². The lowest BCUT2D eigenvalue weighted by atomic mass is 9.96. The van der Waals surface area contributed by atoms with E-state index in [0.29, 0.717) is 18.8 Å². The molecule has 17 heavy (non-hydrogen) atoms. The number of aliphatic carboxylic acids is 1. The number of likely N-dealkylation sites (tertiary alicyclic amines) is 1. The summed E-state index contributed by atoms with van der Waals surface area (Å²) in [5.41, 5.74) is 1.48. The Hall–Kier alpha value is -1.47. The highest BCUT2D eigenvalue weighted by molar-refractivity contribution is 7.07. The Balaban J connectivity index is 1.86. The molecule has 0 radical (unpaired) electrons. The van der Waals surface area contributed by atoms with E-state index in [1.165, 1.54) is 11.3 Å². The van der Waals surface area contributed by atoms with Crippen molar-refractivity contribution in [3.8, 4) is 0 Å². The highest BCUT2D eigenvalue weighted by Gasteiger charge is 2.43. The molecule has 2 heterocycles. The maximum atomic E-state index is 11.8. The maximum absolute atomic E-state index is 11.8. The van der Waals surface area contributed by atoms with Crippen molar-refractivity contribution < 1.29 is 19.4 Å². The summed E-state index contributed by atoms with van der Waals surface area (Å²) >= 11 is 1.37. The Morgan fingerprint density at radius 3 is 2.88 bits per heavy atom.